The fourth-order valence-corrected chi connectivity index (χ4v) is 1.97. The van der Waals surface area contributed by atoms with E-state index in [2.05, 4.69) is 20.5 Å². The first kappa shape index (κ1) is 13.1. The lowest BCUT2D eigenvalue weighted by Gasteiger charge is -2.05. The molecule has 0 bridgehead atoms. The van der Waals surface area contributed by atoms with Gasteiger partial charge < -0.3 is 5.11 Å². The van der Waals surface area contributed by atoms with Crippen molar-refractivity contribution in [1.29, 1.82) is 0 Å². The van der Waals surface area contributed by atoms with Crippen molar-refractivity contribution in [1.82, 2.24) is 9.97 Å². The molecule has 1 aromatic heterocycles. The van der Waals surface area contributed by atoms with Crippen LogP contribution in [0.3, 0.4) is 0 Å². The van der Waals surface area contributed by atoms with Crippen molar-refractivity contribution in [2.45, 2.75) is 6.92 Å². The lowest BCUT2D eigenvalue weighted by atomic mass is 10.2. The molecule has 0 unspecified atom stereocenters. The Morgan fingerprint density at radius 1 is 1.05 bits per heavy atom. The molecule has 2 aromatic carbocycles. The molecule has 5 heteroatoms. The van der Waals surface area contributed by atoms with Gasteiger partial charge in [-0.3, -0.25) is 5.43 Å². The fourth-order valence-electron chi connectivity index (χ4n) is 1.97. The molecule has 0 saturated heterocycles. The van der Waals surface area contributed by atoms with Crippen LogP contribution in [0, 0.1) is 6.92 Å². The topological polar surface area (TPSA) is 70.4 Å². The Balaban J connectivity index is 1.83. The molecule has 0 spiro atoms. The number of hydrazone groups is 1. The first-order valence-electron chi connectivity index (χ1n) is 6.54. The second kappa shape index (κ2) is 5.58. The summed E-state index contributed by atoms with van der Waals surface area (Å²) in [5.41, 5.74) is 6.14. The highest BCUT2D eigenvalue weighted by atomic mass is 16.3. The molecular weight excluding hydrogens is 264 g/mol. The second-order valence-corrected chi connectivity index (χ2v) is 4.61. The van der Waals surface area contributed by atoms with E-state index in [1.54, 1.807) is 24.4 Å². The number of anilines is 1. The summed E-state index contributed by atoms with van der Waals surface area (Å²) >= 11 is 0. The molecule has 0 aliphatic rings. The summed E-state index contributed by atoms with van der Waals surface area (Å²) in [4.78, 5) is 8.96. The number of nitrogens with one attached hydrogen (secondary N) is 1. The maximum Gasteiger partial charge on any atom is 0.168 e. The molecule has 21 heavy (non-hydrogen) atoms. The number of fused-ring (bicyclic) bond motifs is 1. The first-order valence-corrected chi connectivity index (χ1v) is 6.54. The van der Waals surface area contributed by atoms with Gasteiger partial charge in [-0.25, -0.2) is 9.97 Å². The number of phenolic OH excluding ortho intramolecular Hbond substituents is 1. The smallest absolute Gasteiger partial charge is 0.168 e. The number of phenols is 1. The third-order valence-electron chi connectivity index (χ3n) is 3.00. The van der Waals surface area contributed by atoms with Gasteiger partial charge in [0.15, 0.2) is 5.82 Å². The van der Waals surface area contributed by atoms with Crippen LogP contribution in [0.2, 0.25) is 0 Å². The van der Waals surface area contributed by atoms with Crippen molar-refractivity contribution >= 4 is 23.1 Å². The Morgan fingerprint density at radius 2 is 1.81 bits per heavy atom. The Morgan fingerprint density at radius 3 is 2.57 bits per heavy atom. The molecule has 0 atom stereocenters. The number of aryl methyl sites for hydroxylation is 1. The van der Waals surface area contributed by atoms with Crippen molar-refractivity contribution < 1.29 is 5.11 Å². The molecule has 0 amide bonds. The lowest BCUT2D eigenvalue weighted by molar-refractivity contribution is 0.475. The van der Waals surface area contributed by atoms with Crippen LogP contribution in [0.5, 0.6) is 5.75 Å². The number of hydrogen-bond acceptors (Lipinski definition) is 5. The van der Waals surface area contributed by atoms with Gasteiger partial charge in [0, 0.05) is 0 Å². The van der Waals surface area contributed by atoms with E-state index in [0.29, 0.717) is 5.82 Å². The average Bonchev–Trinajstić information content (AvgIpc) is 2.48. The van der Waals surface area contributed by atoms with Gasteiger partial charge in [-0.05, 0) is 36.8 Å². The summed E-state index contributed by atoms with van der Waals surface area (Å²) in [6, 6.07) is 14.5. The number of rotatable bonds is 3. The van der Waals surface area contributed by atoms with E-state index in [1.807, 2.05) is 37.3 Å². The van der Waals surface area contributed by atoms with E-state index in [-0.39, 0.29) is 5.75 Å². The summed E-state index contributed by atoms with van der Waals surface area (Å²) in [7, 11) is 0. The Labute approximate surface area is 122 Å². The molecule has 3 aromatic rings. The zero-order chi connectivity index (χ0) is 14.7. The molecule has 5 nitrogen and oxygen atoms in total. The van der Waals surface area contributed by atoms with Crippen LogP contribution in [-0.4, -0.2) is 21.3 Å². The minimum absolute atomic E-state index is 0.209. The normalized spacial score (nSPS) is 11.1. The zero-order valence-corrected chi connectivity index (χ0v) is 11.5. The number of benzene rings is 2. The summed E-state index contributed by atoms with van der Waals surface area (Å²) in [6.07, 6.45) is 1.62. The van der Waals surface area contributed by atoms with Crippen LogP contribution in [0.1, 0.15) is 11.3 Å². The molecule has 0 radical (unpaired) electrons. The van der Waals surface area contributed by atoms with Gasteiger partial charge in [0.2, 0.25) is 0 Å². The van der Waals surface area contributed by atoms with E-state index >= 15 is 0 Å². The molecule has 0 fully saturated rings. The zero-order valence-electron chi connectivity index (χ0n) is 11.5. The van der Waals surface area contributed by atoms with Crippen molar-refractivity contribution in [2.75, 3.05) is 5.43 Å². The predicted octanol–water partition coefficient (Wildman–Crippen LogP) is 3.09. The fraction of sp³-hybridized carbons (Fsp3) is 0.0625. The number of para-hydroxylation sites is 2. The number of nitrogens with zero attached hydrogens (tertiary/aromatic N) is 3. The minimum atomic E-state index is 0.209. The molecule has 104 valence electrons. The molecule has 1 heterocycles. The van der Waals surface area contributed by atoms with E-state index in [9.17, 15) is 5.11 Å². The second-order valence-electron chi connectivity index (χ2n) is 4.61. The van der Waals surface area contributed by atoms with Gasteiger partial charge in [0.05, 0.1) is 22.9 Å². The van der Waals surface area contributed by atoms with Gasteiger partial charge >= 0.3 is 0 Å². The highest BCUT2D eigenvalue weighted by molar-refractivity contribution is 5.81. The Bertz CT molecular complexity index is 814. The summed E-state index contributed by atoms with van der Waals surface area (Å²) in [5.74, 6) is 0.825. The molecule has 0 saturated carbocycles. The molecule has 2 N–H and O–H groups in total. The largest absolute Gasteiger partial charge is 0.508 e. The predicted molar refractivity (Wildman–Crippen MR) is 83.6 cm³/mol. The minimum Gasteiger partial charge on any atom is -0.508 e. The molecule has 0 aliphatic heterocycles. The van der Waals surface area contributed by atoms with Gasteiger partial charge in [0.25, 0.3) is 0 Å². The average molecular weight is 278 g/mol. The van der Waals surface area contributed by atoms with Crippen molar-refractivity contribution in [3.8, 4) is 5.75 Å². The maximum absolute atomic E-state index is 9.39. The maximum atomic E-state index is 9.39. The van der Waals surface area contributed by atoms with Crippen LogP contribution in [-0.2, 0) is 0 Å². The van der Waals surface area contributed by atoms with Crippen molar-refractivity contribution in [3.63, 3.8) is 0 Å². The number of aromatic hydroxyl groups is 1. The quantitative estimate of drug-likeness (QED) is 0.570. The van der Waals surface area contributed by atoms with Crippen molar-refractivity contribution in [2.24, 2.45) is 5.10 Å². The van der Waals surface area contributed by atoms with E-state index in [4.69, 9.17) is 0 Å². The van der Waals surface area contributed by atoms with Crippen LogP contribution in [0.15, 0.2) is 53.6 Å². The summed E-state index contributed by atoms with van der Waals surface area (Å²) in [6.45, 7) is 1.88. The van der Waals surface area contributed by atoms with E-state index in [0.717, 1.165) is 22.3 Å². The first-order chi connectivity index (χ1) is 10.2. The lowest BCUT2D eigenvalue weighted by Crippen LogP contribution is -1.99. The van der Waals surface area contributed by atoms with E-state index in [1.165, 1.54) is 0 Å². The number of aromatic nitrogens is 2. The molecule has 3 rings (SSSR count). The summed E-state index contributed by atoms with van der Waals surface area (Å²) < 4.78 is 0. The third kappa shape index (κ3) is 2.97. The van der Waals surface area contributed by atoms with Gasteiger partial charge in [-0.2, -0.15) is 5.10 Å². The number of hydrogen-bond donors (Lipinski definition) is 2. The van der Waals surface area contributed by atoms with Gasteiger partial charge in [-0.1, -0.05) is 24.3 Å². The van der Waals surface area contributed by atoms with E-state index < -0.39 is 0 Å². The van der Waals surface area contributed by atoms with Gasteiger partial charge in [-0.15, -0.1) is 0 Å². The van der Waals surface area contributed by atoms with Crippen LogP contribution < -0.4 is 5.43 Å². The summed E-state index contributed by atoms with van der Waals surface area (Å²) in [5, 5.41) is 13.5. The highest BCUT2D eigenvalue weighted by Gasteiger charge is 2.03. The Hall–Kier alpha value is -2.95. The molecular formula is C16H14N4O. The van der Waals surface area contributed by atoms with Crippen molar-refractivity contribution in [3.05, 3.63) is 59.8 Å². The highest BCUT2D eigenvalue weighted by Crippen LogP contribution is 2.16. The Kier molecular flexibility index (Phi) is 3.47. The van der Waals surface area contributed by atoms with Crippen LogP contribution in [0.25, 0.3) is 11.0 Å². The molecule has 0 aliphatic carbocycles. The van der Waals surface area contributed by atoms with Crippen LogP contribution >= 0.6 is 0 Å². The van der Waals surface area contributed by atoms with Crippen LogP contribution in [0.4, 0.5) is 5.82 Å². The standard InChI is InChI=1S/C16H14N4O/c1-11-16(19-15-8-3-2-7-14(15)18-11)20-17-10-12-5-4-6-13(21)9-12/h2-10,21H,1H3,(H,19,20)/b17-10+. The monoisotopic (exact) mass is 278 g/mol. The van der Waals surface area contributed by atoms with Gasteiger partial charge in [0.1, 0.15) is 5.75 Å². The third-order valence-corrected chi connectivity index (χ3v) is 3.00. The SMILES string of the molecule is Cc1nc2ccccc2nc1N/N=C/c1cccc(O)c1.